The average Bonchev–Trinajstić information content (AvgIpc) is 2.77. The number of carbonyl (C=O) groups excluding carboxylic acids is 1. The van der Waals surface area contributed by atoms with Gasteiger partial charge in [0.15, 0.2) is 0 Å². The van der Waals surface area contributed by atoms with Crippen LogP contribution in [0, 0.1) is 0 Å². The summed E-state index contributed by atoms with van der Waals surface area (Å²) < 4.78 is 0. The molecular weight excluding hydrogens is 192 g/mol. The van der Waals surface area contributed by atoms with Crippen molar-refractivity contribution in [1.29, 1.82) is 0 Å². The molecule has 0 spiro atoms. The smallest absolute Gasteiger partial charge is 0.209 e. The number of amides is 1. The second-order valence-corrected chi connectivity index (χ2v) is 4.59. The molecule has 0 radical (unpaired) electrons. The van der Waals surface area contributed by atoms with Crippen molar-refractivity contribution in [3.63, 3.8) is 0 Å². The lowest BCUT2D eigenvalue weighted by molar-refractivity contribution is -0.119. The van der Waals surface area contributed by atoms with E-state index in [9.17, 15) is 9.90 Å². The van der Waals surface area contributed by atoms with E-state index in [-0.39, 0.29) is 6.61 Å². The fourth-order valence-corrected chi connectivity index (χ4v) is 2.86. The number of aliphatic hydroxyl groups is 1. The first-order valence-corrected chi connectivity index (χ1v) is 5.91. The van der Waals surface area contributed by atoms with E-state index in [4.69, 9.17) is 0 Å². The Hall–Kier alpha value is -0.610. The molecule has 15 heavy (non-hydrogen) atoms. The zero-order valence-electron chi connectivity index (χ0n) is 9.14. The number of carbonyl (C=O) groups is 1. The van der Waals surface area contributed by atoms with E-state index in [1.54, 1.807) is 0 Å². The van der Waals surface area contributed by atoms with Crippen LogP contribution < -0.4 is 0 Å². The minimum absolute atomic E-state index is 0.286. The van der Waals surface area contributed by atoms with Crippen LogP contribution in [0.25, 0.3) is 0 Å². The van der Waals surface area contributed by atoms with Gasteiger partial charge in [0.1, 0.15) is 0 Å². The van der Waals surface area contributed by atoms with Crippen LogP contribution in [-0.4, -0.2) is 59.6 Å². The summed E-state index contributed by atoms with van der Waals surface area (Å²) in [6.45, 7) is 3.16. The Balaban J connectivity index is 1.86. The zero-order chi connectivity index (χ0) is 10.7. The monoisotopic (exact) mass is 212 g/mol. The summed E-state index contributed by atoms with van der Waals surface area (Å²) in [5.41, 5.74) is 0. The highest BCUT2D eigenvalue weighted by molar-refractivity contribution is 5.47. The second kappa shape index (κ2) is 4.94. The average molecular weight is 212 g/mol. The van der Waals surface area contributed by atoms with E-state index < -0.39 is 0 Å². The van der Waals surface area contributed by atoms with Gasteiger partial charge < -0.3 is 10.0 Å². The molecule has 0 aromatic rings. The Morgan fingerprint density at radius 1 is 1.20 bits per heavy atom. The van der Waals surface area contributed by atoms with Crippen LogP contribution in [0.15, 0.2) is 0 Å². The lowest BCUT2D eigenvalue weighted by atomic mass is 10.0. The number of hydrogen-bond acceptors (Lipinski definition) is 3. The first-order chi connectivity index (χ1) is 7.35. The second-order valence-electron chi connectivity index (χ2n) is 4.59. The molecule has 1 atom stereocenters. The molecular formula is C11H20N2O2. The van der Waals surface area contributed by atoms with Gasteiger partial charge in [-0.3, -0.25) is 9.69 Å². The number of nitrogens with zero attached hydrogens (tertiary/aromatic N) is 2. The molecule has 1 amide bonds. The van der Waals surface area contributed by atoms with Crippen molar-refractivity contribution in [2.24, 2.45) is 0 Å². The minimum atomic E-state index is 0.286. The third kappa shape index (κ3) is 2.32. The third-order valence-corrected chi connectivity index (χ3v) is 3.75. The van der Waals surface area contributed by atoms with Crippen LogP contribution in [-0.2, 0) is 4.79 Å². The molecule has 0 aliphatic carbocycles. The summed E-state index contributed by atoms with van der Waals surface area (Å²) >= 11 is 0. The van der Waals surface area contributed by atoms with Gasteiger partial charge in [0.25, 0.3) is 0 Å². The van der Waals surface area contributed by atoms with Gasteiger partial charge in [-0.1, -0.05) is 0 Å². The Kier molecular flexibility index (Phi) is 3.59. The molecule has 2 aliphatic rings. The number of aliphatic hydroxyl groups excluding tert-OH is 1. The van der Waals surface area contributed by atoms with Gasteiger partial charge in [-0.05, 0) is 32.2 Å². The number of likely N-dealkylation sites (tertiary alicyclic amines) is 2. The lowest BCUT2D eigenvalue weighted by Gasteiger charge is -2.37. The predicted octanol–water partition coefficient (Wildman–Crippen LogP) is 0.0639. The highest BCUT2D eigenvalue weighted by atomic mass is 16.3. The molecule has 0 unspecified atom stereocenters. The van der Waals surface area contributed by atoms with Crippen molar-refractivity contribution in [3.8, 4) is 0 Å². The van der Waals surface area contributed by atoms with E-state index in [1.807, 2.05) is 4.90 Å². The molecule has 2 rings (SSSR count). The molecule has 86 valence electrons. The van der Waals surface area contributed by atoms with Gasteiger partial charge >= 0.3 is 0 Å². The van der Waals surface area contributed by atoms with E-state index in [1.165, 1.54) is 6.42 Å². The maximum atomic E-state index is 10.6. The van der Waals surface area contributed by atoms with Crippen molar-refractivity contribution in [3.05, 3.63) is 0 Å². The molecule has 0 aromatic carbocycles. The van der Waals surface area contributed by atoms with Crippen molar-refractivity contribution in [1.82, 2.24) is 9.80 Å². The Bertz CT molecular complexity index is 215. The quantitative estimate of drug-likeness (QED) is 0.673. The Morgan fingerprint density at radius 3 is 2.53 bits per heavy atom. The van der Waals surface area contributed by atoms with E-state index in [0.717, 1.165) is 45.3 Å². The van der Waals surface area contributed by atoms with Crippen molar-refractivity contribution in [2.75, 3.05) is 26.2 Å². The zero-order valence-corrected chi connectivity index (χ0v) is 9.14. The number of piperidine rings is 1. The summed E-state index contributed by atoms with van der Waals surface area (Å²) in [6.07, 6.45) is 5.41. The van der Waals surface area contributed by atoms with E-state index in [2.05, 4.69) is 4.90 Å². The number of rotatable bonds is 3. The van der Waals surface area contributed by atoms with E-state index in [0.29, 0.717) is 12.1 Å². The molecule has 1 N–H and O–H groups in total. The van der Waals surface area contributed by atoms with Crippen LogP contribution in [0.1, 0.15) is 25.7 Å². The molecule has 2 fully saturated rings. The third-order valence-electron chi connectivity index (χ3n) is 3.75. The highest BCUT2D eigenvalue weighted by Gasteiger charge is 2.31. The molecule has 0 bridgehead atoms. The van der Waals surface area contributed by atoms with Gasteiger partial charge in [-0.15, -0.1) is 0 Å². The van der Waals surface area contributed by atoms with Crippen LogP contribution >= 0.6 is 0 Å². The first-order valence-electron chi connectivity index (χ1n) is 5.91. The summed E-state index contributed by atoms with van der Waals surface area (Å²) in [6, 6.07) is 0.957. The molecule has 4 nitrogen and oxygen atoms in total. The van der Waals surface area contributed by atoms with Crippen molar-refractivity contribution < 1.29 is 9.90 Å². The topological polar surface area (TPSA) is 43.8 Å². The molecule has 4 heteroatoms. The summed E-state index contributed by atoms with van der Waals surface area (Å²) in [7, 11) is 0. The van der Waals surface area contributed by atoms with Crippen LogP contribution in [0.4, 0.5) is 0 Å². The molecule has 2 aliphatic heterocycles. The van der Waals surface area contributed by atoms with Crippen molar-refractivity contribution in [2.45, 2.75) is 37.8 Å². The highest BCUT2D eigenvalue weighted by Crippen LogP contribution is 2.25. The Morgan fingerprint density at radius 2 is 1.93 bits per heavy atom. The van der Waals surface area contributed by atoms with Gasteiger partial charge in [0, 0.05) is 25.2 Å². The molecule has 0 saturated carbocycles. The Labute approximate surface area is 90.9 Å². The maximum Gasteiger partial charge on any atom is 0.209 e. The largest absolute Gasteiger partial charge is 0.395 e. The summed E-state index contributed by atoms with van der Waals surface area (Å²) in [4.78, 5) is 14.9. The lowest BCUT2D eigenvalue weighted by Crippen LogP contribution is -2.47. The normalized spacial score (nSPS) is 29.7. The molecule has 2 saturated heterocycles. The van der Waals surface area contributed by atoms with Crippen LogP contribution in [0.5, 0.6) is 0 Å². The summed E-state index contributed by atoms with van der Waals surface area (Å²) in [5, 5.41) is 9.26. The minimum Gasteiger partial charge on any atom is -0.395 e. The maximum absolute atomic E-state index is 10.6. The van der Waals surface area contributed by atoms with E-state index >= 15 is 0 Å². The fourth-order valence-electron chi connectivity index (χ4n) is 2.86. The van der Waals surface area contributed by atoms with Crippen LogP contribution in [0.2, 0.25) is 0 Å². The van der Waals surface area contributed by atoms with Crippen molar-refractivity contribution >= 4 is 6.41 Å². The number of hydrogen-bond donors (Lipinski definition) is 1. The molecule has 0 aromatic heterocycles. The first kappa shape index (κ1) is 10.9. The SMILES string of the molecule is O=CN1CCC(N2CCC[C@H]2CO)CC1. The van der Waals surface area contributed by atoms with Gasteiger partial charge in [0.05, 0.1) is 6.61 Å². The molecule has 2 heterocycles. The fraction of sp³-hybridized carbons (Fsp3) is 0.909. The predicted molar refractivity (Wildman–Crippen MR) is 57.5 cm³/mol. The summed E-state index contributed by atoms with van der Waals surface area (Å²) in [5.74, 6) is 0. The van der Waals surface area contributed by atoms with Gasteiger partial charge in [-0.2, -0.15) is 0 Å². The van der Waals surface area contributed by atoms with Gasteiger partial charge in [-0.25, -0.2) is 0 Å². The van der Waals surface area contributed by atoms with Gasteiger partial charge in [0.2, 0.25) is 6.41 Å². The standard InChI is InChI=1S/C11H20N2O2/c14-8-11-2-1-5-13(11)10-3-6-12(9-15)7-4-10/h9-11,14H,1-8H2/t11-/m0/s1. The van der Waals surface area contributed by atoms with Crippen LogP contribution in [0.3, 0.4) is 0 Å².